The number of amides is 1. The average Bonchev–Trinajstić information content (AvgIpc) is 2.78. The van der Waals surface area contributed by atoms with Crippen LogP contribution in [0, 0.1) is 0 Å². The molecule has 1 aromatic heterocycles. The number of rotatable bonds is 9. The SMILES string of the molecule is O=C(O)CC[C@H](NC(=O)c1ccc(C(c2ccccc2)c2ccccc2)[nH]c1=O)C(=O)O. The molecule has 0 spiro atoms. The molecule has 0 unspecified atom stereocenters. The van der Waals surface area contributed by atoms with Gasteiger partial charge in [0.25, 0.3) is 11.5 Å². The quantitative estimate of drug-likeness (QED) is 0.409. The third-order valence-electron chi connectivity index (χ3n) is 5.00. The third kappa shape index (κ3) is 5.48. The molecule has 1 amide bonds. The number of hydrogen-bond acceptors (Lipinski definition) is 4. The summed E-state index contributed by atoms with van der Waals surface area (Å²) in [5, 5.41) is 20.2. The minimum absolute atomic E-state index is 0.254. The molecule has 1 atom stereocenters. The molecule has 8 nitrogen and oxygen atoms in total. The predicted molar refractivity (Wildman–Crippen MR) is 117 cm³/mol. The Labute approximate surface area is 183 Å². The Morgan fingerprint density at radius 3 is 1.88 bits per heavy atom. The summed E-state index contributed by atoms with van der Waals surface area (Å²) in [6.07, 6.45) is -0.723. The lowest BCUT2D eigenvalue weighted by Gasteiger charge is -2.19. The lowest BCUT2D eigenvalue weighted by Crippen LogP contribution is -2.42. The van der Waals surface area contributed by atoms with Gasteiger partial charge < -0.3 is 20.5 Å². The van der Waals surface area contributed by atoms with E-state index in [0.29, 0.717) is 5.69 Å². The molecule has 0 fully saturated rings. The van der Waals surface area contributed by atoms with Crippen LogP contribution in [-0.4, -0.2) is 39.1 Å². The Morgan fingerprint density at radius 1 is 0.844 bits per heavy atom. The summed E-state index contributed by atoms with van der Waals surface area (Å²) >= 11 is 0. The van der Waals surface area contributed by atoms with E-state index in [9.17, 15) is 24.3 Å². The zero-order valence-electron chi connectivity index (χ0n) is 17.0. The first-order valence-electron chi connectivity index (χ1n) is 9.95. The number of carboxylic acids is 2. The summed E-state index contributed by atoms with van der Waals surface area (Å²) in [5.74, 6) is -3.71. The minimum Gasteiger partial charge on any atom is -0.481 e. The van der Waals surface area contributed by atoms with Crippen LogP contribution in [0.4, 0.5) is 0 Å². The van der Waals surface area contributed by atoms with E-state index in [4.69, 9.17) is 5.11 Å². The Hall–Kier alpha value is -4.20. The zero-order chi connectivity index (χ0) is 23.1. The van der Waals surface area contributed by atoms with Gasteiger partial charge in [-0.05, 0) is 29.7 Å². The van der Waals surface area contributed by atoms with E-state index < -0.39 is 35.9 Å². The van der Waals surface area contributed by atoms with Gasteiger partial charge in [0.2, 0.25) is 0 Å². The second kappa shape index (κ2) is 10.2. The van der Waals surface area contributed by atoms with Gasteiger partial charge >= 0.3 is 11.9 Å². The Balaban J connectivity index is 1.90. The Bertz CT molecular complexity index is 1120. The molecular formula is C24H22N2O6. The highest BCUT2D eigenvalue weighted by Gasteiger charge is 2.24. The summed E-state index contributed by atoms with van der Waals surface area (Å²) in [5.41, 5.74) is 1.55. The fraction of sp³-hybridized carbons (Fsp3) is 0.167. The van der Waals surface area contributed by atoms with Crippen molar-refractivity contribution in [1.29, 1.82) is 0 Å². The second-order valence-corrected chi connectivity index (χ2v) is 7.21. The Morgan fingerprint density at radius 2 is 1.41 bits per heavy atom. The number of H-pyrrole nitrogens is 1. The van der Waals surface area contributed by atoms with Gasteiger partial charge in [-0.2, -0.15) is 0 Å². The van der Waals surface area contributed by atoms with Crippen LogP contribution in [0.25, 0.3) is 0 Å². The molecule has 0 radical (unpaired) electrons. The van der Waals surface area contributed by atoms with Crippen LogP contribution in [0.3, 0.4) is 0 Å². The fourth-order valence-electron chi connectivity index (χ4n) is 3.44. The highest BCUT2D eigenvalue weighted by molar-refractivity contribution is 5.96. The van der Waals surface area contributed by atoms with Gasteiger partial charge in [0.05, 0.1) is 0 Å². The normalized spacial score (nSPS) is 11.7. The zero-order valence-corrected chi connectivity index (χ0v) is 17.0. The maximum Gasteiger partial charge on any atom is 0.326 e. The summed E-state index contributed by atoms with van der Waals surface area (Å²) in [6.45, 7) is 0. The standard InChI is InChI=1S/C24H22N2O6/c27-20(28)14-13-19(24(31)32)26-23(30)17-11-12-18(25-22(17)29)21(15-7-3-1-4-8-15)16-9-5-2-6-10-16/h1-12,19,21H,13-14H2,(H,25,29)(H,26,30)(H,27,28)(H,31,32)/t19-/m0/s1. The number of aromatic nitrogens is 1. The summed E-state index contributed by atoms with van der Waals surface area (Å²) in [6, 6.07) is 20.7. The van der Waals surface area contributed by atoms with Crippen molar-refractivity contribution in [3.05, 3.63) is 106 Å². The van der Waals surface area contributed by atoms with Crippen molar-refractivity contribution < 1.29 is 24.6 Å². The van der Waals surface area contributed by atoms with E-state index in [0.717, 1.165) is 11.1 Å². The number of benzene rings is 2. The van der Waals surface area contributed by atoms with Gasteiger partial charge in [-0.15, -0.1) is 0 Å². The topological polar surface area (TPSA) is 137 Å². The number of carbonyl (C=O) groups excluding carboxylic acids is 1. The monoisotopic (exact) mass is 434 g/mol. The molecule has 3 aromatic rings. The van der Waals surface area contributed by atoms with Gasteiger partial charge in [0, 0.05) is 18.0 Å². The first kappa shape index (κ1) is 22.5. The van der Waals surface area contributed by atoms with Crippen molar-refractivity contribution in [2.75, 3.05) is 0 Å². The van der Waals surface area contributed by atoms with Gasteiger partial charge in [0.1, 0.15) is 11.6 Å². The van der Waals surface area contributed by atoms with E-state index in [1.807, 2.05) is 60.7 Å². The van der Waals surface area contributed by atoms with Crippen LogP contribution in [0.5, 0.6) is 0 Å². The lowest BCUT2D eigenvalue weighted by molar-refractivity contribution is -0.140. The molecular weight excluding hydrogens is 412 g/mol. The van der Waals surface area contributed by atoms with Crippen LogP contribution in [-0.2, 0) is 9.59 Å². The van der Waals surface area contributed by atoms with E-state index in [-0.39, 0.29) is 17.9 Å². The first-order chi connectivity index (χ1) is 15.4. The third-order valence-corrected chi connectivity index (χ3v) is 5.00. The summed E-state index contributed by atoms with van der Waals surface area (Å²) in [7, 11) is 0. The fourth-order valence-corrected chi connectivity index (χ4v) is 3.44. The van der Waals surface area contributed by atoms with Crippen molar-refractivity contribution >= 4 is 17.8 Å². The molecule has 0 saturated heterocycles. The highest BCUT2D eigenvalue weighted by Crippen LogP contribution is 2.30. The van der Waals surface area contributed by atoms with Crippen molar-refractivity contribution in [3.8, 4) is 0 Å². The van der Waals surface area contributed by atoms with Crippen LogP contribution in [0.1, 0.15) is 45.9 Å². The average molecular weight is 434 g/mol. The van der Waals surface area contributed by atoms with E-state index in [1.54, 1.807) is 6.07 Å². The number of aliphatic carboxylic acids is 2. The maximum absolute atomic E-state index is 12.7. The van der Waals surface area contributed by atoms with Crippen molar-refractivity contribution in [1.82, 2.24) is 10.3 Å². The molecule has 164 valence electrons. The van der Waals surface area contributed by atoms with Gasteiger partial charge in [-0.1, -0.05) is 60.7 Å². The van der Waals surface area contributed by atoms with Crippen molar-refractivity contribution in [3.63, 3.8) is 0 Å². The van der Waals surface area contributed by atoms with Crippen molar-refractivity contribution in [2.24, 2.45) is 0 Å². The molecule has 32 heavy (non-hydrogen) atoms. The van der Waals surface area contributed by atoms with Crippen LogP contribution < -0.4 is 10.9 Å². The smallest absolute Gasteiger partial charge is 0.326 e. The second-order valence-electron chi connectivity index (χ2n) is 7.21. The molecule has 0 saturated carbocycles. The number of carbonyl (C=O) groups is 3. The van der Waals surface area contributed by atoms with E-state index in [2.05, 4.69) is 10.3 Å². The number of pyridine rings is 1. The Kier molecular flexibility index (Phi) is 7.17. The molecule has 0 aliphatic heterocycles. The molecule has 0 aliphatic carbocycles. The van der Waals surface area contributed by atoms with Gasteiger partial charge in [-0.3, -0.25) is 14.4 Å². The molecule has 4 N–H and O–H groups in total. The molecule has 0 aliphatic rings. The number of carboxylic acid groups (broad SMARTS) is 2. The maximum atomic E-state index is 12.7. The number of hydrogen-bond donors (Lipinski definition) is 4. The first-order valence-corrected chi connectivity index (χ1v) is 9.95. The van der Waals surface area contributed by atoms with Gasteiger partial charge in [-0.25, -0.2) is 4.79 Å². The van der Waals surface area contributed by atoms with Crippen LogP contribution in [0.2, 0.25) is 0 Å². The number of nitrogens with one attached hydrogen (secondary N) is 2. The lowest BCUT2D eigenvalue weighted by atomic mass is 9.88. The molecule has 3 rings (SSSR count). The molecule has 8 heteroatoms. The summed E-state index contributed by atoms with van der Waals surface area (Å²) in [4.78, 5) is 50.0. The van der Waals surface area contributed by atoms with Crippen molar-refractivity contribution in [2.45, 2.75) is 24.8 Å². The predicted octanol–water partition coefficient (Wildman–Crippen LogP) is 2.60. The molecule has 1 heterocycles. The minimum atomic E-state index is -1.42. The van der Waals surface area contributed by atoms with Crippen LogP contribution in [0.15, 0.2) is 77.6 Å². The largest absolute Gasteiger partial charge is 0.481 e. The highest BCUT2D eigenvalue weighted by atomic mass is 16.4. The number of aromatic amines is 1. The van der Waals surface area contributed by atoms with E-state index >= 15 is 0 Å². The van der Waals surface area contributed by atoms with Gasteiger partial charge in [0.15, 0.2) is 0 Å². The molecule has 0 bridgehead atoms. The summed E-state index contributed by atoms with van der Waals surface area (Å²) < 4.78 is 0. The van der Waals surface area contributed by atoms with Crippen LogP contribution >= 0.6 is 0 Å². The molecule has 2 aromatic carbocycles. The van der Waals surface area contributed by atoms with E-state index in [1.165, 1.54) is 6.07 Å².